The van der Waals surface area contributed by atoms with E-state index in [1.54, 1.807) is 18.2 Å². The van der Waals surface area contributed by atoms with Crippen LogP contribution in [-0.2, 0) is 6.42 Å². The Bertz CT molecular complexity index is 549. The fourth-order valence-electron chi connectivity index (χ4n) is 1.75. The van der Waals surface area contributed by atoms with Crippen molar-refractivity contribution < 1.29 is 4.79 Å². The van der Waals surface area contributed by atoms with Crippen molar-refractivity contribution in [2.75, 3.05) is 6.54 Å². The Balaban J connectivity index is 1.91. The number of benzene rings is 2. The summed E-state index contributed by atoms with van der Waals surface area (Å²) >= 11 is 11.7. The van der Waals surface area contributed by atoms with Gasteiger partial charge in [0, 0.05) is 22.2 Å². The van der Waals surface area contributed by atoms with E-state index < -0.39 is 0 Å². The number of carbonyl (C=O) groups is 1. The van der Waals surface area contributed by atoms with E-state index >= 15 is 0 Å². The summed E-state index contributed by atoms with van der Waals surface area (Å²) in [5, 5.41) is 3.76. The maximum absolute atomic E-state index is 11.9. The number of hydrogen-bond acceptors (Lipinski definition) is 1. The molecule has 0 aliphatic carbocycles. The fraction of sp³-hybridized carbons (Fsp3) is 0.133. The predicted octanol–water partition coefficient (Wildman–Crippen LogP) is 3.97. The Labute approximate surface area is 122 Å². The summed E-state index contributed by atoms with van der Waals surface area (Å²) in [6, 6.07) is 14.8. The molecule has 98 valence electrons. The van der Waals surface area contributed by atoms with Gasteiger partial charge in [0.05, 0.1) is 0 Å². The van der Waals surface area contributed by atoms with E-state index in [9.17, 15) is 4.79 Å². The number of hydrogen-bond donors (Lipinski definition) is 1. The average Bonchev–Trinajstić information content (AvgIpc) is 2.38. The predicted molar refractivity (Wildman–Crippen MR) is 78.9 cm³/mol. The van der Waals surface area contributed by atoms with Gasteiger partial charge >= 0.3 is 0 Å². The summed E-state index contributed by atoms with van der Waals surface area (Å²) < 4.78 is 0. The molecule has 4 heteroatoms. The van der Waals surface area contributed by atoms with Gasteiger partial charge in [0.1, 0.15) is 0 Å². The van der Waals surface area contributed by atoms with Gasteiger partial charge in [0.15, 0.2) is 0 Å². The van der Waals surface area contributed by atoms with Crippen LogP contribution in [0.15, 0.2) is 48.5 Å². The number of nitrogens with one attached hydrogen (secondary N) is 1. The van der Waals surface area contributed by atoms with Gasteiger partial charge in [-0.1, -0.05) is 53.5 Å². The minimum atomic E-state index is -0.166. The van der Waals surface area contributed by atoms with Gasteiger partial charge < -0.3 is 5.32 Å². The molecule has 0 fully saturated rings. The zero-order chi connectivity index (χ0) is 13.7. The molecule has 19 heavy (non-hydrogen) atoms. The van der Waals surface area contributed by atoms with Crippen molar-refractivity contribution in [2.45, 2.75) is 6.42 Å². The van der Waals surface area contributed by atoms with Crippen LogP contribution >= 0.6 is 23.2 Å². The zero-order valence-electron chi connectivity index (χ0n) is 10.2. The largest absolute Gasteiger partial charge is 0.352 e. The molecule has 1 N–H and O–H groups in total. The fourth-order valence-corrected chi connectivity index (χ4v) is 2.28. The second-order valence-electron chi connectivity index (χ2n) is 4.15. The van der Waals surface area contributed by atoms with E-state index in [0.717, 1.165) is 6.42 Å². The molecular weight excluding hydrogens is 281 g/mol. The molecule has 0 atom stereocenters. The van der Waals surface area contributed by atoms with Gasteiger partial charge in [-0.2, -0.15) is 0 Å². The zero-order valence-corrected chi connectivity index (χ0v) is 11.7. The molecule has 0 aliphatic rings. The van der Waals surface area contributed by atoms with Crippen molar-refractivity contribution in [3.63, 3.8) is 0 Å². The Morgan fingerprint density at radius 2 is 1.63 bits per heavy atom. The summed E-state index contributed by atoms with van der Waals surface area (Å²) in [6.07, 6.45) is 0.793. The van der Waals surface area contributed by atoms with E-state index in [2.05, 4.69) is 5.32 Å². The van der Waals surface area contributed by atoms with Crippen LogP contribution < -0.4 is 5.32 Å². The number of amides is 1. The first kappa shape index (κ1) is 13.9. The molecule has 0 unspecified atom stereocenters. The Morgan fingerprint density at radius 1 is 1.00 bits per heavy atom. The maximum Gasteiger partial charge on any atom is 0.251 e. The molecular formula is C15H13Cl2NO. The van der Waals surface area contributed by atoms with Crippen molar-refractivity contribution in [1.82, 2.24) is 5.32 Å². The van der Waals surface area contributed by atoms with Crippen LogP contribution in [0, 0.1) is 0 Å². The van der Waals surface area contributed by atoms with Crippen LogP contribution in [0.4, 0.5) is 0 Å². The SMILES string of the molecule is O=C(NCCc1ccccc1)c1cc(Cl)cc(Cl)c1. The Morgan fingerprint density at radius 3 is 2.26 bits per heavy atom. The molecule has 0 aliphatic heterocycles. The second-order valence-corrected chi connectivity index (χ2v) is 5.02. The highest BCUT2D eigenvalue weighted by atomic mass is 35.5. The maximum atomic E-state index is 11.9. The lowest BCUT2D eigenvalue weighted by Crippen LogP contribution is -2.25. The van der Waals surface area contributed by atoms with Crippen molar-refractivity contribution in [1.29, 1.82) is 0 Å². The Kier molecular flexibility index (Phi) is 4.83. The molecule has 0 spiro atoms. The first-order valence-electron chi connectivity index (χ1n) is 5.93. The standard InChI is InChI=1S/C15H13Cl2NO/c16-13-8-12(9-14(17)10-13)15(19)18-7-6-11-4-2-1-3-5-11/h1-5,8-10H,6-7H2,(H,18,19). The van der Waals surface area contributed by atoms with Crippen molar-refractivity contribution in [3.05, 3.63) is 69.7 Å². The minimum Gasteiger partial charge on any atom is -0.352 e. The first-order valence-corrected chi connectivity index (χ1v) is 6.69. The number of halogens is 2. The van der Waals surface area contributed by atoms with Crippen LogP contribution in [0.3, 0.4) is 0 Å². The van der Waals surface area contributed by atoms with E-state index in [1.165, 1.54) is 5.56 Å². The van der Waals surface area contributed by atoms with Crippen LogP contribution in [0.1, 0.15) is 15.9 Å². The lowest BCUT2D eigenvalue weighted by molar-refractivity contribution is 0.0954. The molecule has 0 aromatic heterocycles. The van der Waals surface area contributed by atoms with E-state index in [4.69, 9.17) is 23.2 Å². The molecule has 0 heterocycles. The Hall–Kier alpha value is -1.51. The summed E-state index contributed by atoms with van der Waals surface area (Å²) in [6.45, 7) is 0.576. The molecule has 0 radical (unpaired) electrons. The lowest BCUT2D eigenvalue weighted by Gasteiger charge is -2.06. The monoisotopic (exact) mass is 293 g/mol. The van der Waals surface area contributed by atoms with Crippen molar-refractivity contribution in [2.24, 2.45) is 0 Å². The summed E-state index contributed by atoms with van der Waals surface area (Å²) in [5.41, 5.74) is 1.66. The first-order chi connectivity index (χ1) is 9.15. The summed E-state index contributed by atoms with van der Waals surface area (Å²) in [4.78, 5) is 11.9. The summed E-state index contributed by atoms with van der Waals surface area (Å²) in [5.74, 6) is -0.166. The van der Waals surface area contributed by atoms with Gasteiger partial charge in [-0.15, -0.1) is 0 Å². The number of rotatable bonds is 4. The van der Waals surface area contributed by atoms with Crippen LogP contribution in [0.5, 0.6) is 0 Å². The molecule has 0 saturated carbocycles. The van der Waals surface area contributed by atoms with Crippen LogP contribution in [0.25, 0.3) is 0 Å². The molecule has 2 nitrogen and oxygen atoms in total. The third kappa shape index (κ3) is 4.27. The van der Waals surface area contributed by atoms with Gasteiger partial charge in [-0.05, 0) is 30.2 Å². The molecule has 1 amide bonds. The van der Waals surface area contributed by atoms with Gasteiger partial charge in [-0.25, -0.2) is 0 Å². The van der Waals surface area contributed by atoms with Gasteiger partial charge in [-0.3, -0.25) is 4.79 Å². The third-order valence-electron chi connectivity index (χ3n) is 2.67. The van der Waals surface area contributed by atoms with Crippen molar-refractivity contribution in [3.8, 4) is 0 Å². The molecule has 2 aromatic carbocycles. The summed E-state index contributed by atoms with van der Waals surface area (Å²) in [7, 11) is 0. The topological polar surface area (TPSA) is 29.1 Å². The van der Waals surface area contributed by atoms with Gasteiger partial charge in [0.25, 0.3) is 5.91 Å². The highest BCUT2D eigenvalue weighted by Crippen LogP contribution is 2.18. The smallest absolute Gasteiger partial charge is 0.251 e. The van der Waals surface area contributed by atoms with E-state index in [-0.39, 0.29) is 5.91 Å². The average molecular weight is 294 g/mol. The molecule has 2 aromatic rings. The normalized spacial score (nSPS) is 10.2. The van der Waals surface area contributed by atoms with Crippen molar-refractivity contribution >= 4 is 29.1 Å². The van der Waals surface area contributed by atoms with Crippen LogP contribution in [-0.4, -0.2) is 12.5 Å². The van der Waals surface area contributed by atoms with Gasteiger partial charge in [0.2, 0.25) is 0 Å². The van der Waals surface area contributed by atoms with Crippen LogP contribution in [0.2, 0.25) is 10.0 Å². The minimum absolute atomic E-state index is 0.166. The number of carbonyl (C=O) groups excluding carboxylic acids is 1. The van der Waals surface area contributed by atoms with E-state index in [1.807, 2.05) is 30.3 Å². The highest BCUT2D eigenvalue weighted by molar-refractivity contribution is 6.35. The highest BCUT2D eigenvalue weighted by Gasteiger charge is 2.07. The molecule has 0 saturated heterocycles. The lowest BCUT2D eigenvalue weighted by atomic mass is 10.1. The molecule has 2 rings (SSSR count). The molecule has 0 bridgehead atoms. The second kappa shape index (κ2) is 6.60. The quantitative estimate of drug-likeness (QED) is 0.908. The van der Waals surface area contributed by atoms with E-state index in [0.29, 0.717) is 22.2 Å². The third-order valence-corrected chi connectivity index (χ3v) is 3.10.